The predicted octanol–water partition coefficient (Wildman–Crippen LogP) is -1.45. The second-order valence-electron chi connectivity index (χ2n) is 1.44. The van der Waals surface area contributed by atoms with Crippen LogP contribution in [0.5, 0.6) is 0 Å². The first-order valence-corrected chi connectivity index (χ1v) is 4.14. The summed E-state index contributed by atoms with van der Waals surface area (Å²) in [5.74, 6) is 0. The van der Waals surface area contributed by atoms with Crippen LogP contribution in [-0.4, -0.2) is 36.1 Å². The van der Waals surface area contributed by atoms with Crippen molar-refractivity contribution < 1.29 is 19.1 Å². The highest BCUT2D eigenvalue weighted by Crippen LogP contribution is 1.98. The Kier molecular flexibility index (Phi) is 15.4. The zero-order valence-electron chi connectivity index (χ0n) is 6.14. The zero-order chi connectivity index (χ0) is 9.11. The molecule has 6 N–H and O–H groups in total. The third kappa shape index (κ3) is 40.6. The lowest BCUT2D eigenvalue weighted by Crippen LogP contribution is -2.13. The van der Waals surface area contributed by atoms with Gasteiger partial charge in [-0.05, 0) is 0 Å². The van der Waals surface area contributed by atoms with Crippen LogP contribution in [0.2, 0.25) is 0 Å². The Bertz CT molecular complexity index is 84.2. The molecule has 0 aromatic carbocycles. The van der Waals surface area contributed by atoms with E-state index in [4.69, 9.17) is 30.6 Å². The summed E-state index contributed by atoms with van der Waals surface area (Å²) in [5.41, 5.74) is 10.2. The molecule has 0 aliphatic rings. The minimum Gasteiger partial charge on any atom is -0.379 e. The molecule has 0 aliphatic carbocycles. The SMILES string of the molecule is NCCOCCN.O=[P+](O)O. The number of rotatable bonds is 4. The number of hydrogen-bond acceptors (Lipinski definition) is 4. The van der Waals surface area contributed by atoms with Crippen LogP contribution in [0.4, 0.5) is 0 Å². The van der Waals surface area contributed by atoms with E-state index in [0.29, 0.717) is 26.3 Å². The van der Waals surface area contributed by atoms with Crippen molar-refractivity contribution in [2.24, 2.45) is 11.5 Å². The third-order valence-electron chi connectivity index (χ3n) is 0.524. The maximum Gasteiger partial charge on any atom is 0.692 e. The molecule has 0 fully saturated rings. The molecule has 0 atom stereocenters. The Labute approximate surface area is 66.1 Å². The van der Waals surface area contributed by atoms with Crippen LogP contribution < -0.4 is 11.5 Å². The standard InChI is InChI=1S/C4H12N2O.HO3P/c5-1-3-7-4-2-6;1-4(2)3/h1-6H2;(H-,1,2,3)/p+1. The molecule has 0 aromatic heterocycles. The summed E-state index contributed by atoms with van der Waals surface area (Å²) in [5, 5.41) is 0. The lowest BCUT2D eigenvalue weighted by molar-refractivity contribution is 0.149. The van der Waals surface area contributed by atoms with Crippen LogP contribution in [0.1, 0.15) is 0 Å². The van der Waals surface area contributed by atoms with Gasteiger partial charge in [-0.2, -0.15) is 0 Å². The summed E-state index contributed by atoms with van der Waals surface area (Å²) < 4.78 is 13.6. The first-order valence-electron chi connectivity index (χ1n) is 2.98. The molecule has 0 unspecified atom stereocenters. The summed E-state index contributed by atoms with van der Waals surface area (Å²) in [6.45, 7) is 2.41. The second-order valence-corrected chi connectivity index (χ2v) is 1.95. The van der Waals surface area contributed by atoms with Gasteiger partial charge in [0.1, 0.15) is 0 Å². The Morgan fingerprint density at radius 1 is 1.18 bits per heavy atom. The molecular formula is C4H14N2O4P+. The van der Waals surface area contributed by atoms with Gasteiger partial charge in [-0.25, -0.2) is 0 Å². The van der Waals surface area contributed by atoms with Crippen LogP contribution in [-0.2, 0) is 9.30 Å². The molecule has 0 saturated heterocycles. The summed E-state index contributed by atoms with van der Waals surface area (Å²) in [7, 11) is -2.87. The van der Waals surface area contributed by atoms with Crippen molar-refractivity contribution in [2.75, 3.05) is 26.3 Å². The van der Waals surface area contributed by atoms with Crippen molar-refractivity contribution in [3.05, 3.63) is 0 Å². The maximum absolute atomic E-state index is 8.70. The average Bonchev–Trinajstić information content (AvgIpc) is 1.88. The number of ether oxygens (including phenoxy) is 1. The van der Waals surface area contributed by atoms with Crippen molar-refractivity contribution in [3.8, 4) is 0 Å². The second kappa shape index (κ2) is 12.6. The van der Waals surface area contributed by atoms with Gasteiger partial charge in [-0.1, -0.05) is 0 Å². The molecule has 0 bridgehead atoms. The van der Waals surface area contributed by atoms with E-state index in [9.17, 15) is 0 Å². The highest BCUT2D eigenvalue weighted by atomic mass is 31.1. The number of hydrogen-bond donors (Lipinski definition) is 4. The molecule has 0 aliphatic heterocycles. The number of nitrogens with two attached hydrogens (primary N) is 2. The van der Waals surface area contributed by atoms with Gasteiger partial charge in [-0.3, -0.25) is 0 Å². The van der Waals surface area contributed by atoms with E-state index < -0.39 is 8.25 Å². The quantitative estimate of drug-likeness (QED) is 0.314. The third-order valence-corrected chi connectivity index (χ3v) is 0.524. The van der Waals surface area contributed by atoms with Crippen LogP contribution >= 0.6 is 8.25 Å². The largest absolute Gasteiger partial charge is 0.692 e. The fourth-order valence-corrected chi connectivity index (χ4v) is 0.269. The molecule has 11 heavy (non-hydrogen) atoms. The Balaban J connectivity index is 0. The molecule has 0 saturated carbocycles. The van der Waals surface area contributed by atoms with E-state index in [1.54, 1.807) is 0 Å². The fourth-order valence-electron chi connectivity index (χ4n) is 0.269. The van der Waals surface area contributed by atoms with Gasteiger partial charge in [0.15, 0.2) is 0 Å². The van der Waals surface area contributed by atoms with Crippen molar-refractivity contribution in [2.45, 2.75) is 0 Å². The molecule has 0 aromatic rings. The van der Waals surface area contributed by atoms with E-state index >= 15 is 0 Å². The zero-order valence-corrected chi connectivity index (χ0v) is 7.04. The van der Waals surface area contributed by atoms with Gasteiger partial charge in [0.25, 0.3) is 0 Å². The summed E-state index contributed by atoms with van der Waals surface area (Å²) in [6.07, 6.45) is 0. The first-order chi connectivity index (χ1) is 5.15. The Morgan fingerprint density at radius 3 is 1.64 bits per heavy atom. The lowest BCUT2D eigenvalue weighted by atomic mass is 10.7. The molecule has 7 heteroatoms. The van der Waals surface area contributed by atoms with E-state index in [1.165, 1.54) is 0 Å². The Morgan fingerprint density at radius 2 is 1.45 bits per heavy atom. The van der Waals surface area contributed by atoms with Gasteiger partial charge < -0.3 is 16.2 Å². The topological polar surface area (TPSA) is 119 Å². The van der Waals surface area contributed by atoms with Crippen LogP contribution in [0.15, 0.2) is 0 Å². The Hall–Kier alpha value is -0.100. The summed E-state index contributed by atoms with van der Waals surface area (Å²) in [6, 6.07) is 0. The maximum atomic E-state index is 8.70. The van der Waals surface area contributed by atoms with E-state index in [0.717, 1.165) is 0 Å². The fraction of sp³-hybridized carbons (Fsp3) is 1.00. The van der Waals surface area contributed by atoms with Gasteiger partial charge in [0.2, 0.25) is 0 Å². The van der Waals surface area contributed by atoms with Crippen molar-refractivity contribution in [3.63, 3.8) is 0 Å². The molecule has 68 valence electrons. The average molecular weight is 185 g/mol. The van der Waals surface area contributed by atoms with Crippen LogP contribution in [0.25, 0.3) is 0 Å². The normalized spacial score (nSPS) is 8.36. The smallest absolute Gasteiger partial charge is 0.379 e. The highest BCUT2D eigenvalue weighted by molar-refractivity contribution is 7.30. The van der Waals surface area contributed by atoms with Gasteiger partial charge in [-0.15, -0.1) is 9.79 Å². The molecule has 0 rings (SSSR count). The van der Waals surface area contributed by atoms with E-state index in [-0.39, 0.29) is 0 Å². The monoisotopic (exact) mass is 185 g/mol. The molecular weight excluding hydrogens is 171 g/mol. The molecule has 0 heterocycles. The molecule has 0 amide bonds. The van der Waals surface area contributed by atoms with Crippen molar-refractivity contribution in [1.29, 1.82) is 0 Å². The van der Waals surface area contributed by atoms with E-state index in [1.807, 2.05) is 0 Å². The van der Waals surface area contributed by atoms with Gasteiger partial charge >= 0.3 is 8.25 Å². The minimum atomic E-state index is -2.87. The van der Waals surface area contributed by atoms with Crippen molar-refractivity contribution >= 4 is 8.25 Å². The van der Waals surface area contributed by atoms with Crippen LogP contribution in [0, 0.1) is 0 Å². The molecule has 0 radical (unpaired) electrons. The van der Waals surface area contributed by atoms with Gasteiger partial charge in [0, 0.05) is 17.7 Å². The predicted molar refractivity (Wildman–Crippen MR) is 41.0 cm³/mol. The molecule has 0 spiro atoms. The molecule has 6 nitrogen and oxygen atoms in total. The first kappa shape index (κ1) is 13.5. The highest BCUT2D eigenvalue weighted by Gasteiger charge is 1.93. The summed E-state index contributed by atoms with van der Waals surface area (Å²) >= 11 is 0. The van der Waals surface area contributed by atoms with Gasteiger partial charge in [0.05, 0.1) is 13.2 Å². The lowest BCUT2D eigenvalue weighted by Gasteiger charge is -1.95. The van der Waals surface area contributed by atoms with Crippen molar-refractivity contribution in [1.82, 2.24) is 0 Å². The summed E-state index contributed by atoms with van der Waals surface area (Å²) in [4.78, 5) is 14.2. The van der Waals surface area contributed by atoms with Crippen LogP contribution in [0.3, 0.4) is 0 Å². The minimum absolute atomic E-state index is 0.583. The van der Waals surface area contributed by atoms with E-state index in [2.05, 4.69) is 0 Å².